The monoisotopic (exact) mass is 395 g/mol. The van der Waals surface area contributed by atoms with Crippen molar-refractivity contribution in [3.05, 3.63) is 34.9 Å². The van der Waals surface area contributed by atoms with E-state index in [1.54, 1.807) is 0 Å². The van der Waals surface area contributed by atoms with Crippen molar-refractivity contribution in [1.29, 1.82) is 0 Å². The third-order valence-electron chi connectivity index (χ3n) is 5.02. The summed E-state index contributed by atoms with van der Waals surface area (Å²) in [6.45, 7) is 10.00. The normalized spacial score (nSPS) is 24.3. The first-order valence-corrected chi connectivity index (χ1v) is 10.4. The second-order valence-electron chi connectivity index (χ2n) is 8.87. The van der Waals surface area contributed by atoms with Crippen LogP contribution in [-0.2, 0) is 9.47 Å². The van der Waals surface area contributed by atoms with Crippen molar-refractivity contribution in [3.63, 3.8) is 0 Å². The van der Waals surface area contributed by atoms with Crippen molar-refractivity contribution in [1.82, 2.24) is 5.32 Å². The van der Waals surface area contributed by atoms with Gasteiger partial charge in [0.1, 0.15) is 11.7 Å². The lowest BCUT2D eigenvalue weighted by Gasteiger charge is -2.42. The maximum Gasteiger partial charge on any atom is 0.509 e. The van der Waals surface area contributed by atoms with Gasteiger partial charge in [-0.05, 0) is 71.1 Å². The molecule has 3 atom stereocenters. The van der Waals surface area contributed by atoms with Crippen LogP contribution < -0.4 is 5.32 Å². The van der Waals surface area contributed by atoms with Gasteiger partial charge in [0.05, 0.1) is 0 Å². The Labute approximate surface area is 169 Å². The molecule has 1 fully saturated rings. The van der Waals surface area contributed by atoms with E-state index in [0.29, 0.717) is 5.02 Å². The molecule has 4 nitrogen and oxygen atoms in total. The van der Waals surface area contributed by atoms with E-state index in [-0.39, 0.29) is 11.6 Å². The van der Waals surface area contributed by atoms with Crippen molar-refractivity contribution in [2.75, 3.05) is 0 Å². The molecule has 1 unspecified atom stereocenters. The van der Waals surface area contributed by atoms with Gasteiger partial charge in [0.2, 0.25) is 0 Å². The molecule has 152 valence electrons. The van der Waals surface area contributed by atoms with Gasteiger partial charge in [0.15, 0.2) is 0 Å². The van der Waals surface area contributed by atoms with Gasteiger partial charge >= 0.3 is 6.16 Å². The minimum Gasteiger partial charge on any atom is -0.429 e. The molecule has 1 aliphatic rings. The highest BCUT2D eigenvalue weighted by molar-refractivity contribution is 6.30. The first kappa shape index (κ1) is 22.0. The zero-order valence-corrected chi connectivity index (χ0v) is 18.1. The van der Waals surface area contributed by atoms with Crippen molar-refractivity contribution >= 4 is 17.8 Å². The van der Waals surface area contributed by atoms with Gasteiger partial charge in [-0.2, -0.15) is 0 Å². The van der Waals surface area contributed by atoms with Gasteiger partial charge in [0, 0.05) is 16.6 Å². The lowest BCUT2D eigenvalue weighted by atomic mass is 9.81. The summed E-state index contributed by atoms with van der Waals surface area (Å²) in [7, 11) is 0. The summed E-state index contributed by atoms with van der Waals surface area (Å²) in [5.41, 5.74) is 0.365. The number of ether oxygens (including phenoxy) is 2. The molecule has 0 aromatic heterocycles. The Hall–Kier alpha value is -1.26. The predicted molar refractivity (Wildman–Crippen MR) is 110 cm³/mol. The number of piperidine rings is 1. The number of halogens is 1. The lowest BCUT2D eigenvalue weighted by molar-refractivity contribution is -0.0419. The number of hydrogen-bond acceptors (Lipinski definition) is 4. The summed E-state index contributed by atoms with van der Waals surface area (Å²) in [5.74, 6) is 0. The van der Waals surface area contributed by atoms with E-state index in [0.717, 1.165) is 31.2 Å². The van der Waals surface area contributed by atoms with Crippen LogP contribution >= 0.6 is 11.6 Å². The molecule has 1 aromatic rings. The Bertz CT molecular complexity index is 628. The summed E-state index contributed by atoms with van der Waals surface area (Å²) in [6, 6.07) is 7.58. The van der Waals surface area contributed by atoms with Crippen LogP contribution in [-0.4, -0.2) is 23.3 Å². The minimum absolute atomic E-state index is 0.0339. The largest absolute Gasteiger partial charge is 0.509 e. The molecule has 1 heterocycles. The Morgan fingerprint density at radius 3 is 2.78 bits per heavy atom. The average Bonchev–Trinajstić information content (AvgIpc) is 2.56. The Kier molecular flexibility index (Phi) is 7.58. The van der Waals surface area contributed by atoms with Gasteiger partial charge in [-0.15, -0.1) is 0 Å². The molecule has 2 rings (SSSR count). The smallest absolute Gasteiger partial charge is 0.429 e. The lowest BCUT2D eigenvalue weighted by Crippen LogP contribution is -2.54. The summed E-state index contributed by atoms with van der Waals surface area (Å²) >= 11 is 6.20. The number of carbonyl (C=O) groups excluding carboxylic acids is 1. The molecule has 0 aliphatic carbocycles. The van der Waals surface area contributed by atoms with Gasteiger partial charge in [-0.3, -0.25) is 0 Å². The van der Waals surface area contributed by atoms with Gasteiger partial charge in [-0.25, -0.2) is 4.79 Å². The fraction of sp³-hybridized carbons (Fsp3) is 0.682. The number of carbonyl (C=O) groups is 1. The Balaban J connectivity index is 2.22. The molecule has 1 saturated heterocycles. The van der Waals surface area contributed by atoms with Crippen LogP contribution in [0.1, 0.15) is 84.8 Å². The van der Waals surface area contributed by atoms with Crippen LogP contribution in [0, 0.1) is 0 Å². The van der Waals surface area contributed by atoms with Gasteiger partial charge in [-0.1, -0.05) is 43.5 Å². The summed E-state index contributed by atoms with van der Waals surface area (Å²) in [6.07, 6.45) is 5.59. The Morgan fingerprint density at radius 1 is 1.41 bits per heavy atom. The van der Waals surface area contributed by atoms with Gasteiger partial charge in [0.25, 0.3) is 0 Å². The maximum atomic E-state index is 12.4. The van der Waals surface area contributed by atoms with Crippen LogP contribution in [0.25, 0.3) is 0 Å². The molecule has 0 saturated carbocycles. The third kappa shape index (κ3) is 7.00. The van der Waals surface area contributed by atoms with E-state index in [4.69, 9.17) is 21.1 Å². The molecule has 1 aromatic carbocycles. The Morgan fingerprint density at radius 2 is 2.15 bits per heavy atom. The van der Waals surface area contributed by atoms with E-state index < -0.39 is 17.9 Å². The fourth-order valence-electron chi connectivity index (χ4n) is 3.74. The summed E-state index contributed by atoms with van der Waals surface area (Å²) < 4.78 is 11.2. The topological polar surface area (TPSA) is 47.6 Å². The number of hydrogen-bond donors (Lipinski definition) is 1. The molecular formula is C22H34ClNO3. The molecule has 0 bridgehead atoms. The van der Waals surface area contributed by atoms with Crippen molar-refractivity contribution in [3.8, 4) is 0 Å². The molecule has 27 heavy (non-hydrogen) atoms. The highest BCUT2D eigenvalue weighted by Gasteiger charge is 2.37. The third-order valence-corrected chi connectivity index (χ3v) is 5.25. The molecule has 5 heteroatoms. The SMILES string of the molecule is CCCCC1(C)CCC[C@H]([C@H](OC(=O)OC(C)(C)C)c2cccc(Cl)c2)N1. The number of nitrogens with one attached hydrogen (secondary N) is 1. The molecule has 0 spiro atoms. The van der Waals surface area contributed by atoms with Gasteiger partial charge < -0.3 is 14.8 Å². The fourth-order valence-corrected chi connectivity index (χ4v) is 3.94. The molecule has 1 aliphatic heterocycles. The van der Waals surface area contributed by atoms with Crippen molar-refractivity contribution in [2.45, 2.75) is 96.4 Å². The standard InChI is InChI=1S/C22H34ClNO3/c1-6-7-13-22(5)14-9-12-18(24-22)19(16-10-8-11-17(23)15-16)26-20(25)27-21(2,3)4/h8,10-11,15,18-19,24H,6-7,9,12-14H2,1-5H3/t18-,19-,22?/m1/s1. The number of rotatable bonds is 6. The number of unbranched alkanes of at least 4 members (excludes halogenated alkanes) is 1. The van der Waals surface area contributed by atoms with E-state index >= 15 is 0 Å². The highest BCUT2D eigenvalue weighted by Crippen LogP contribution is 2.35. The molecule has 0 amide bonds. The summed E-state index contributed by atoms with van der Waals surface area (Å²) in [5, 5.41) is 4.41. The quantitative estimate of drug-likeness (QED) is 0.564. The molecule has 1 N–H and O–H groups in total. The second kappa shape index (κ2) is 9.29. The minimum atomic E-state index is -0.643. The van der Waals surface area contributed by atoms with Crippen LogP contribution in [0.3, 0.4) is 0 Å². The van der Waals surface area contributed by atoms with E-state index in [1.807, 2.05) is 45.0 Å². The average molecular weight is 396 g/mol. The first-order chi connectivity index (χ1) is 12.6. The zero-order chi connectivity index (χ0) is 20.1. The van der Waals surface area contributed by atoms with E-state index in [9.17, 15) is 4.79 Å². The first-order valence-electron chi connectivity index (χ1n) is 10.0. The number of benzene rings is 1. The highest BCUT2D eigenvalue weighted by atomic mass is 35.5. The second-order valence-corrected chi connectivity index (χ2v) is 9.30. The zero-order valence-electron chi connectivity index (χ0n) is 17.3. The van der Waals surface area contributed by atoms with Crippen LogP contribution in [0.15, 0.2) is 24.3 Å². The van der Waals surface area contributed by atoms with Crippen molar-refractivity contribution < 1.29 is 14.3 Å². The summed E-state index contributed by atoms with van der Waals surface area (Å²) in [4.78, 5) is 12.4. The van der Waals surface area contributed by atoms with Crippen LogP contribution in [0.5, 0.6) is 0 Å². The van der Waals surface area contributed by atoms with E-state index in [2.05, 4.69) is 19.2 Å². The van der Waals surface area contributed by atoms with Crippen LogP contribution in [0.4, 0.5) is 4.79 Å². The van der Waals surface area contributed by atoms with Crippen LogP contribution in [0.2, 0.25) is 5.02 Å². The van der Waals surface area contributed by atoms with E-state index in [1.165, 1.54) is 12.8 Å². The molecular weight excluding hydrogens is 362 g/mol. The maximum absolute atomic E-state index is 12.4. The predicted octanol–water partition coefficient (Wildman–Crippen LogP) is 6.42. The molecule has 0 radical (unpaired) electrons. The van der Waals surface area contributed by atoms with Crippen molar-refractivity contribution in [2.24, 2.45) is 0 Å².